The van der Waals surface area contributed by atoms with E-state index >= 15 is 0 Å². The number of H-pyrrole nitrogens is 2. The normalized spacial score (nSPS) is 34.1. The fourth-order valence-corrected chi connectivity index (χ4v) is 5.80. The monoisotopic (exact) mass is 564 g/mol. The van der Waals surface area contributed by atoms with E-state index in [1.165, 1.54) is 39.2 Å². The van der Waals surface area contributed by atoms with Crippen LogP contribution in [0, 0.1) is 23.7 Å². The van der Waals surface area contributed by atoms with Crippen LogP contribution in [0.5, 0.6) is 0 Å². The van der Waals surface area contributed by atoms with Crippen molar-refractivity contribution in [1.29, 1.82) is 0 Å². The summed E-state index contributed by atoms with van der Waals surface area (Å²) in [5, 5.41) is 0. The number of halogens is 1. The molecule has 12 heteroatoms. The van der Waals surface area contributed by atoms with Gasteiger partial charge >= 0.3 is 11.4 Å². The third-order valence-corrected chi connectivity index (χ3v) is 8.73. The molecule has 0 radical (unpaired) electrons. The number of ether oxygens (including phenoxy) is 2. The molecular weight excluding hydrogens is 528 g/mol. The van der Waals surface area contributed by atoms with E-state index in [0.29, 0.717) is 6.42 Å². The molecule has 0 bridgehead atoms. The molecule has 0 spiro atoms. The zero-order valence-electron chi connectivity index (χ0n) is 23.0. The number of hydrogen-bond donors (Lipinski definition) is 2. The second kappa shape index (κ2) is 12.0. The van der Waals surface area contributed by atoms with Gasteiger partial charge in [0.2, 0.25) is 0 Å². The summed E-state index contributed by atoms with van der Waals surface area (Å²) in [6, 6.07) is 2.60. The second-order valence-electron chi connectivity index (χ2n) is 10.4. The molecule has 2 aromatic heterocycles. The number of carbonyl (C=O) groups is 1. The highest BCUT2D eigenvalue weighted by Gasteiger charge is 2.51. The Morgan fingerprint density at radius 2 is 1.23 bits per heavy atom. The minimum Gasteiger partial charge on any atom is -0.347 e. The third-order valence-electron chi connectivity index (χ3n) is 8.60. The number of carbonyl (C=O) groups excluding carboxylic acids is 1. The molecule has 0 saturated carbocycles. The summed E-state index contributed by atoms with van der Waals surface area (Å²) in [5.41, 5.74) is -1.71. The number of aromatic nitrogens is 4. The van der Waals surface area contributed by atoms with Gasteiger partial charge in [0, 0.05) is 41.9 Å². The van der Waals surface area contributed by atoms with Crippen LogP contribution in [0.1, 0.15) is 66.8 Å². The van der Waals surface area contributed by atoms with E-state index in [-0.39, 0.29) is 23.7 Å². The molecule has 8 atom stereocenters. The maximum atomic E-state index is 11.9. The van der Waals surface area contributed by atoms with Gasteiger partial charge < -0.3 is 14.3 Å². The van der Waals surface area contributed by atoms with Crippen LogP contribution in [0.3, 0.4) is 0 Å². The van der Waals surface area contributed by atoms with Crippen molar-refractivity contribution in [1.82, 2.24) is 19.1 Å². The van der Waals surface area contributed by atoms with Crippen molar-refractivity contribution in [2.45, 2.75) is 78.0 Å². The van der Waals surface area contributed by atoms with Gasteiger partial charge in [-0.3, -0.25) is 28.7 Å². The molecule has 214 valence electrons. The lowest BCUT2D eigenvalue weighted by atomic mass is 9.81. The molecular formula is C27H37ClN4O7. The van der Waals surface area contributed by atoms with E-state index in [2.05, 4.69) is 16.9 Å². The van der Waals surface area contributed by atoms with Crippen molar-refractivity contribution in [2.24, 2.45) is 23.7 Å². The lowest BCUT2D eigenvalue weighted by Crippen LogP contribution is -2.36. The van der Waals surface area contributed by atoms with Crippen molar-refractivity contribution >= 4 is 17.9 Å². The molecule has 2 saturated heterocycles. The molecule has 4 rings (SSSR count). The van der Waals surface area contributed by atoms with Crippen LogP contribution < -0.4 is 22.5 Å². The second-order valence-corrected chi connectivity index (χ2v) is 10.6. The molecule has 2 fully saturated rings. The smallest absolute Gasteiger partial charge is 0.330 e. The van der Waals surface area contributed by atoms with Crippen molar-refractivity contribution in [3.05, 3.63) is 77.8 Å². The Hall–Kier alpha value is -3.02. The quantitative estimate of drug-likeness (QED) is 0.513. The molecule has 2 aliphatic heterocycles. The van der Waals surface area contributed by atoms with Gasteiger partial charge in [-0.25, -0.2) is 9.59 Å². The summed E-state index contributed by atoms with van der Waals surface area (Å²) in [6.45, 7) is 11.9. The van der Waals surface area contributed by atoms with Gasteiger partial charge in [-0.1, -0.05) is 53.1 Å². The fraction of sp³-hybridized carbons (Fsp3) is 0.593. The van der Waals surface area contributed by atoms with E-state index in [1.54, 1.807) is 0 Å². The van der Waals surface area contributed by atoms with Gasteiger partial charge in [0.05, 0.1) is 5.60 Å². The van der Waals surface area contributed by atoms with Crippen LogP contribution in [0.25, 0.3) is 0 Å². The fourth-order valence-electron chi connectivity index (χ4n) is 5.58. The Balaban J connectivity index is 0.000000216. The largest absolute Gasteiger partial charge is 0.347 e. The van der Waals surface area contributed by atoms with E-state index in [9.17, 15) is 24.0 Å². The zero-order valence-corrected chi connectivity index (χ0v) is 23.8. The number of hydrogen-bond acceptors (Lipinski definition) is 7. The molecule has 39 heavy (non-hydrogen) atoms. The molecule has 0 amide bonds. The van der Waals surface area contributed by atoms with Gasteiger partial charge in [-0.05, 0) is 30.8 Å². The first-order valence-electron chi connectivity index (χ1n) is 13.1. The highest BCUT2D eigenvalue weighted by atomic mass is 35.5. The van der Waals surface area contributed by atoms with Crippen molar-refractivity contribution < 1.29 is 14.3 Å². The first kappa shape index (κ1) is 30.5. The highest BCUT2D eigenvalue weighted by Crippen LogP contribution is 2.48. The van der Waals surface area contributed by atoms with E-state index in [1.807, 2.05) is 40.7 Å². The van der Waals surface area contributed by atoms with Crippen LogP contribution >= 0.6 is 11.6 Å². The molecule has 2 N–H and O–H groups in total. The summed E-state index contributed by atoms with van der Waals surface area (Å²) < 4.78 is 14.8. The molecule has 11 nitrogen and oxygen atoms in total. The summed E-state index contributed by atoms with van der Waals surface area (Å²) in [7, 11) is 0. The van der Waals surface area contributed by atoms with Gasteiger partial charge in [0.25, 0.3) is 11.1 Å². The number of rotatable bonds is 6. The van der Waals surface area contributed by atoms with Crippen molar-refractivity contribution in [3.8, 4) is 0 Å². The zero-order chi connectivity index (χ0) is 29.1. The average Bonchev–Trinajstić information content (AvgIpc) is 3.30. The lowest BCUT2D eigenvalue weighted by molar-refractivity contribution is -0.138. The Morgan fingerprint density at radius 1 is 0.821 bits per heavy atom. The number of aromatic amines is 2. The minimum absolute atomic E-state index is 0.00109. The average molecular weight is 565 g/mol. The summed E-state index contributed by atoms with van der Waals surface area (Å²) >= 11 is 5.73. The summed E-state index contributed by atoms with van der Waals surface area (Å²) in [5.74, 6) is 0.310. The Labute approximate surface area is 230 Å². The maximum Gasteiger partial charge on any atom is 0.330 e. The van der Waals surface area contributed by atoms with Crippen LogP contribution in [0.4, 0.5) is 0 Å². The Bertz CT molecular complexity index is 1430. The number of aldehydes is 1. The van der Waals surface area contributed by atoms with Gasteiger partial charge in [0.1, 0.15) is 18.1 Å². The van der Waals surface area contributed by atoms with Gasteiger partial charge in [-0.2, -0.15) is 0 Å². The van der Waals surface area contributed by atoms with E-state index in [0.717, 1.165) is 12.7 Å². The summed E-state index contributed by atoms with van der Waals surface area (Å²) in [6.07, 6.45) is 5.91. The van der Waals surface area contributed by atoms with Crippen LogP contribution in [-0.2, 0) is 14.3 Å². The van der Waals surface area contributed by atoms with E-state index in [4.69, 9.17) is 21.1 Å². The molecule has 0 aromatic carbocycles. The van der Waals surface area contributed by atoms with Crippen molar-refractivity contribution in [3.63, 3.8) is 0 Å². The topological polar surface area (TPSA) is 145 Å². The Morgan fingerprint density at radius 3 is 1.56 bits per heavy atom. The molecule has 2 aliphatic rings. The first-order valence-corrected chi connectivity index (χ1v) is 13.6. The molecule has 2 aromatic rings. The Kier molecular flexibility index (Phi) is 9.40. The first-order chi connectivity index (χ1) is 18.4. The van der Waals surface area contributed by atoms with Gasteiger partial charge in [0.15, 0.2) is 6.29 Å². The van der Waals surface area contributed by atoms with Crippen molar-refractivity contribution in [2.75, 3.05) is 0 Å². The molecule has 0 aliphatic carbocycles. The lowest BCUT2D eigenvalue weighted by Gasteiger charge is -2.28. The standard InChI is InChI=1S/C14H19ClN2O3.C13H18N2O4/c1-4-14(6-7-15)10(3)9(2)12(20-14)17-8-5-11(18)16-13(17)19;1-4-13(7-16)9(3)8(2)11(19-13)15-6-5-10(17)14-12(15)18/h5-10,12H,4H2,1-3H3,(H,16,18,19);5-9,11H,4H2,1-3H3,(H,14,17,18)/b7-6+;. The predicted molar refractivity (Wildman–Crippen MR) is 147 cm³/mol. The van der Waals surface area contributed by atoms with Crippen LogP contribution in [0.2, 0.25) is 0 Å². The minimum atomic E-state index is -0.861. The van der Waals surface area contributed by atoms with E-state index < -0.39 is 46.2 Å². The highest BCUT2D eigenvalue weighted by molar-refractivity contribution is 6.25. The number of nitrogens with one attached hydrogen (secondary N) is 2. The maximum absolute atomic E-state index is 11.9. The summed E-state index contributed by atoms with van der Waals surface area (Å²) in [4.78, 5) is 61.8. The van der Waals surface area contributed by atoms with Crippen LogP contribution in [-0.4, -0.2) is 36.6 Å². The molecule has 8 unspecified atom stereocenters. The van der Waals surface area contributed by atoms with Gasteiger partial charge in [-0.15, -0.1) is 0 Å². The van der Waals surface area contributed by atoms with Crippen LogP contribution in [0.15, 0.2) is 55.3 Å². The number of nitrogens with zero attached hydrogens (tertiary/aromatic N) is 2. The SMILES string of the molecule is CCC1(/C=C/Cl)OC(n2ccc(=O)[nH]c2=O)C(C)C1C.CCC1(C=O)OC(n2ccc(=O)[nH]c2=O)C(C)C1C. The third kappa shape index (κ3) is 5.66. The molecule has 4 heterocycles. The predicted octanol–water partition coefficient (Wildman–Crippen LogP) is 2.92.